The number of nitrogens with zero attached hydrogens (tertiary/aromatic N) is 6. The van der Waals surface area contributed by atoms with E-state index in [1.54, 1.807) is 25.3 Å². The fraction of sp³-hybridized carbons (Fsp3) is 0.250. The van der Waals surface area contributed by atoms with E-state index < -0.39 is 5.91 Å². The van der Waals surface area contributed by atoms with Gasteiger partial charge in [0.05, 0.1) is 27.0 Å². The summed E-state index contributed by atoms with van der Waals surface area (Å²) in [5.74, 6) is 0.638. The summed E-state index contributed by atoms with van der Waals surface area (Å²) < 4.78 is 21.3. The number of hydrogen-bond acceptors (Lipinski definition) is 11. The highest BCUT2D eigenvalue weighted by atomic mass is 16.6. The number of nitrogen functional groups attached to an aromatic ring is 1. The van der Waals surface area contributed by atoms with Crippen LogP contribution in [-0.2, 0) is 11.3 Å². The molecule has 13 heteroatoms. The van der Waals surface area contributed by atoms with Crippen LogP contribution in [0.2, 0.25) is 0 Å². The van der Waals surface area contributed by atoms with Crippen LogP contribution >= 0.6 is 0 Å². The molecule has 0 aliphatic rings. The Labute approximate surface area is 164 Å². The van der Waals surface area contributed by atoms with Crippen molar-refractivity contribution in [3.8, 4) is 17.3 Å². The van der Waals surface area contributed by atoms with E-state index in [1.165, 1.54) is 25.1 Å². The first-order valence-corrected chi connectivity index (χ1v) is 8.16. The van der Waals surface area contributed by atoms with Gasteiger partial charge in [-0.1, -0.05) is 5.21 Å². The van der Waals surface area contributed by atoms with E-state index in [4.69, 9.17) is 19.9 Å². The molecule has 0 atom stereocenters. The van der Waals surface area contributed by atoms with Gasteiger partial charge in [0.1, 0.15) is 17.2 Å². The van der Waals surface area contributed by atoms with Crippen molar-refractivity contribution < 1.29 is 23.6 Å². The van der Waals surface area contributed by atoms with E-state index in [1.807, 2.05) is 0 Å². The predicted octanol–water partition coefficient (Wildman–Crippen LogP) is 0.160. The molecule has 0 unspecified atom stereocenters. The number of hydrogen-bond donors (Lipinski definition) is 2. The van der Waals surface area contributed by atoms with E-state index in [0.717, 1.165) is 0 Å². The van der Waals surface area contributed by atoms with Crippen molar-refractivity contribution in [2.45, 2.75) is 6.61 Å². The van der Waals surface area contributed by atoms with E-state index >= 15 is 0 Å². The van der Waals surface area contributed by atoms with Gasteiger partial charge in [0.2, 0.25) is 11.6 Å². The molecule has 0 aliphatic carbocycles. The Kier molecular flexibility index (Phi) is 5.99. The van der Waals surface area contributed by atoms with Crippen LogP contribution in [0.5, 0.6) is 11.5 Å². The van der Waals surface area contributed by atoms with Crippen LogP contribution in [0.3, 0.4) is 0 Å². The van der Waals surface area contributed by atoms with Gasteiger partial charge in [-0.25, -0.2) is 10.1 Å². The number of rotatable bonds is 8. The van der Waals surface area contributed by atoms with E-state index in [0.29, 0.717) is 22.8 Å². The molecular weight excluding hydrogens is 384 g/mol. The van der Waals surface area contributed by atoms with Crippen molar-refractivity contribution in [1.29, 1.82) is 0 Å². The SMILES string of the molecule is COCc1c(C(=O)N/N=C/c2cc(OC)ccc2OC)nnn1-c1nonc1N. The third-order valence-electron chi connectivity index (χ3n) is 3.76. The Morgan fingerprint density at radius 1 is 1.31 bits per heavy atom. The monoisotopic (exact) mass is 402 g/mol. The molecule has 0 aliphatic heterocycles. The molecule has 2 aromatic heterocycles. The number of nitrogens with one attached hydrogen (secondary N) is 1. The Balaban J connectivity index is 1.82. The molecule has 0 saturated heterocycles. The maximum atomic E-state index is 12.5. The third-order valence-corrected chi connectivity index (χ3v) is 3.76. The van der Waals surface area contributed by atoms with Crippen LogP contribution in [0.25, 0.3) is 5.82 Å². The summed E-state index contributed by atoms with van der Waals surface area (Å²) in [7, 11) is 4.52. The van der Waals surface area contributed by atoms with Crippen LogP contribution in [-0.4, -0.2) is 58.8 Å². The average molecular weight is 402 g/mol. The molecule has 0 radical (unpaired) electrons. The predicted molar refractivity (Wildman–Crippen MR) is 98.9 cm³/mol. The third kappa shape index (κ3) is 4.14. The maximum absolute atomic E-state index is 12.5. The molecule has 1 aromatic carbocycles. The smallest absolute Gasteiger partial charge is 0.293 e. The first-order chi connectivity index (χ1) is 14.1. The van der Waals surface area contributed by atoms with Crippen LogP contribution in [0.1, 0.15) is 21.7 Å². The first kappa shape index (κ1) is 19.8. The van der Waals surface area contributed by atoms with Gasteiger partial charge in [0, 0.05) is 12.7 Å². The highest BCUT2D eigenvalue weighted by Gasteiger charge is 2.23. The van der Waals surface area contributed by atoms with Crippen LogP contribution in [0.4, 0.5) is 5.82 Å². The molecule has 2 heterocycles. The Bertz CT molecular complexity index is 1030. The summed E-state index contributed by atoms with van der Waals surface area (Å²) >= 11 is 0. The lowest BCUT2D eigenvalue weighted by molar-refractivity contribution is 0.0944. The van der Waals surface area contributed by atoms with E-state index in [-0.39, 0.29) is 23.9 Å². The summed E-state index contributed by atoms with van der Waals surface area (Å²) in [6, 6.07) is 5.18. The van der Waals surface area contributed by atoms with Crippen molar-refractivity contribution in [2.75, 3.05) is 27.1 Å². The highest BCUT2D eigenvalue weighted by Crippen LogP contribution is 2.22. The summed E-state index contributed by atoms with van der Waals surface area (Å²) in [6.07, 6.45) is 1.42. The van der Waals surface area contributed by atoms with Crippen LogP contribution in [0, 0.1) is 0 Å². The molecule has 3 rings (SSSR count). The molecule has 29 heavy (non-hydrogen) atoms. The number of methoxy groups -OCH3 is 3. The standard InChI is InChI=1S/C16H18N8O5/c1-26-8-11-13(19-23-24(11)15-14(17)21-29-22-15)16(25)20-18-7-9-6-10(27-2)4-5-12(9)28-3/h4-7H,8H2,1-3H3,(H2,17,21)(H,20,25)/b18-7+. The number of anilines is 1. The Morgan fingerprint density at radius 2 is 2.14 bits per heavy atom. The molecule has 3 aromatic rings. The number of carbonyl (C=O) groups excluding carboxylic acids is 1. The molecule has 3 N–H and O–H groups in total. The van der Waals surface area contributed by atoms with Gasteiger partial charge in [-0.05, 0) is 28.5 Å². The normalized spacial score (nSPS) is 11.0. The summed E-state index contributed by atoms with van der Waals surface area (Å²) in [4.78, 5) is 12.5. The Hall–Kier alpha value is -4.00. The molecule has 0 saturated carbocycles. The zero-order valence-corrected chi connectivity index (χ0v) is 15.8. The number of aromatic nitrogens is 5. The zero-order valence-electron chi connectivity index (χ0n) is 15.8. The lowest BCUT2D eigenvalue weighted by atomic mass is 10.2. The fourth-order valence-electron chi connectivity index (χ4n) is 2.41. The highest BCUT2D eigenvalue weighted by molar-refractivity contribution is 5.94. The first-order valence-electron chi connectivity index (χ1n) is 8.16. The van der Waals surface area contributed by atoms with Gasteiger partial charge < -0.3 is 19.9 Å². The van der Waals surface area contributed by atoms with Crippen molar-refractivity contribution >= 4 is 17.9 Å². The quantitative estimate of drug-likeness (QED) is 0.391. The largest absolute Gasteiger partial charge is 0.497 e. The molecule has 13 nitrogen and oxygen atoms in total. The van der Waals surface area contributed by atoms with E-state index in [9.17, 15) is 4.79 Å². The van der Waals surface area contributed by atoms with Crippen LogP contribution in [0.15, 0.2) is 27.9 Å². The minimum atomic E-state index is -0.614. The summed E-state index contributed by atoms with van der Waals surface area (Å²) in [5.41, 5.74) is 8.93. The van der Waals surface area contributed by atoms with E-state index in [2.05, 4.69) is 35.8 Å². The second-order valence-electron chi connectivity index (χ2n) is 5.51. The topological polar surface area (TPSA) is 165 Å². The van der Waals surface area contributed by atoms with Gasteiger partial charge in [0.15, 0.2) is 5.69 Å². The molecule has 152 valence electrons. The lowest BCUT2D eigenvalue weighted by Crippen LogP contribution is -2.20. The number of amides is 1. The molecule has 0 fully saturated rings. The zero-order chi connectivity index (χ0) is 20.8. The molecule has 0 bridgehead atoms. The van der Waals surface area contributed by atoms with Gasteiger partial charge >= 0.3 is 0 Å². The maximum Gasteiger partial charge on any atom is 0.293 e. The lowest BCUT2D eigenvalue weighted by Gasteiger charge is -2.07. The number of hydrazone groups is 1. The van der Waals surface area contributed by atoms with Gasteiger partial charge in [0.25, 0.3) is 5.91 Å². The summed E-state index contributed by atoms with van der Waals surface area (Å²) in [5, 5.41) is 18.8. The fourth-order valence-corrected chi connectivity index (χ4v) is 2.41. The molecule has 0 spiro atoms. The molecule has 1 amide bonds. The van der Waals surface area contributed by atoms with Crippen molar-refractivity contribution in [3.63, 3.8) is 0 Å². The summed E-state index contributed by atoms with van der Waals surface area (Å²) in [6.45, 7) is 0.00940. The number of benzene rings is 1. The van der Waals surface area contributed by atoms with Crippen LogP contribution < -0.4 is 20.6 Å². The minimum absolute atomic E-state index is 0.00940. The number of ether oxygens (including phenoxy) is 3. The van der Waals surface area contributed by atoms with Crippen molar-refractivity contribution in [2.24, 2.45) is 5.10 Å². The van der Waals surface area contributed by atoms with Crippen molar-refractivity contribution in [3.05, 3.63) is 35.2 Å². The Morgan fingerprint density at radius 3 is 2.79 bits per heavy atom. The second kappa shape index (κ2) is 8.79. The van der Waals surface area contributed by atoms with Gasteiger partial charge in [-0.15, -0.1) is 5.10 Å². The molecular formula is C16H18N8O5. The van der Waals surface area contributed by atoms with Crippen molar-refractivity contribution in [1.82, 2.24) is 30.7 Å². The number of carbonyl (C=O) groups is 1. The minimum Gasteiger partial charge on any atom is -0.497 e. The average Bonchev–Trinajstić information content (AvgIpc) is 3.33. The second-order valence-corrected chi connectivity index (χ2v) is 5.51. The van der Waals surface area contributed by atoms with Gasteiger partial charge in [-0.2, -0.15) is 9.78 Å². The number of nitrogens with two attached hydrogens (primary N) is 1. The van der Waals surface area contributed by atoms with Gasteiger partial charge in [-0.3, -0.25) is 4.79 Å².